The molecule has 1 amide bonds. The first-order chi connectivity index (χ1) is 20.7. The van der Waals surface area contributed by atoms with Gasteiger partial charge in [0.25, 0.3) is 5.91 Å². The zero-order chi connectivity index (χ0) is 30.0. The zero-order valence-corrected chi connectivity index (χ0v) is 25.8. The number of ether oxygens (including phenoxy) is 1. The minimum absolute atomic E-state index is 0.00601. The number of rotatable bonds is 7. The molecule has 12 atom stereocenters. The molecule has 0 spiro atoms. The summed E-state index contributed by atoms with van der Waals surface area (Å²) in [7, 11) is 4.10. The van der Waals surface area contributed by atoms with E-state index < -0.39 is 24.2 Å². The Hall–Kier alpha value is -1.88. The summed E-state index contributed by atoms with van der Waals surface area (Å²) < 4.78 is 23.0. The van der Waals surface area contributed by atoms with Crippen LogP contribution in [0.25, 0.3) is 0 Å². The lowest BCUT2D eigenvalue weighted by Gasteiger charge is -2.60. The molecule has 3 N–H and O–H groups in total. The number of hydrogen-bond acceptors (Lipinski definition) is 8. The van der Waals surface area contributed by atoms with Gasteiger partial charge in [-0.25, -0.2) is 4.39 Å². The van der Waals surface area contributed by atoms with E-state index in [9.17, 15) is 14.4 Å². The second-order valence-corrected chi connectivity index (χ2v) is 14.9. The van der Waals surface area contributed by atoms with Crippen molar-refractivity contribution in [3.63, 3.8) is 0 Å². The maximum Gasteiger partial charge on any atom is 0.259 e. The molecule has 0 aromatic heterocycles. The third kappa shape index (κ3) is 5.18. The molecule has 0 aromatic rings. The Morgan fingerprint density at radius 3 is 2.65 bits per heavy atom. The number of halogens is 1. The Balaban J connectivity index is 1.19. The van der Waals surface area contributed by atoms with Crippen molar-refractivity contribution in [2.75, 3.05) is 40.3 Å². The van der Waals surface area contributed by atoms with Crippen molar-refractivity contribution in [3.05, 3.63) is 11.8 Å². The Morgan fingerprint density at radius 1 is 1.07 bits per heavy atom. The lowest BCUT2D eigenvalue weighted by Crippen LogP contribution is -2.73. The van der Waals surface area contributed by atoms with Gasteiger partial charge in [0.15, 0.2) is 5.78 Å². The number of unbranched alkanes of at least 4 members (excludes halogenated alkanes) is 1. The van der Waals surface area contributed by atoms with Gasteiger partial charge < -0.3 is 30.5 Å². The molecule has 7 aliphatic rings. The largest absolute Gasteiger partial charge is 0.369 e. The van der Waals surface area contributed by atoms with E-state index in [-0.39, 0.29) is 59.7 Å². The van der Waals surface area contributed by atoms with Crippen LogP contribution in [0.15, 0.2) is 11.8 Å². The first-order valence-electron chi connectivity index (χ1n) is 17.0. The zero-order valence-electron chi connectivity index (χ0n) is 25.8. The average molecular weight is 600 g/mol. The molecule has 238 valence electrons. The quantitative estimate of drug-likeness (QED) is 0.338. The fraction of sp³-hybridized carbons (Fsp3) is 0.848. The summed E-state index contributed by atoms with van der Waals surface area (Å²) in [5.41, 5.74) is 6.29. The maximum absolute atomic E-state index is 16.1. The number of morpholine rings is 1. The first kappa shape index (κ1) is 29.8. The summed E-state index contributed by atoms with van der Waals surface area (Å²) in [5, 5.41) is 3.49. The predicted molar refractivity (Wildman–Crippen MR) is 160 cm³/mol. The number of likely N-dealkylation sites (tertiary alicyclic amines) is 1. The van der Waals surface area contributed by atoms with E-state index in [4.69, 9.17) is 10.5 Å². The van der Waals surface area contributed by atoms with Crippen LogP contribution in [-0.2, 0) is 19.1 Å². The summed E-state index contributed by atoms with van der Waals surface area (Å²) in [6.07, 6.45) is 8.48. The number of amides is 1. The molecule has 3 heterocycles. The van der Waals surface area contributed by atoms with Crippen molar-refractivity contribution in [3.8, 4) is 0 Å². The lowest BCUT2D eigenvalue weighted by atomic mass is 9.66. The second kappa shape index (κ2) is 11.8. The molecule has 10 heteroatoms. The first-order valence-corrected chi connectivity index (χ1v) is 17.0. The second-order valence-electron chi connectivity index (χ2n) is 14.9. The highest BCUT2D eigenvalue weighted by Crippen LogP contribution is 2.56. The third-order valence-electron chi connectivity index (χ3n) is 12.1. The predicted octanol–water partition coefficient (Wildman–Crippen LogP) is 1.89. The van der Waals surface area contributed by atoms with Crippen molar-refractivity contribution in [1.29, 1.82) is 0 Å². The molecule has 43 heavy (non-hydrogen) atoms. The van der Waals surface area contributed by atoms with Crippen molar-refractivity contribution < 1.29 is 23.5 Å². The SMILES string of the molecule is CN(C)CCCCNC1C(F)CC2C(=O)C(C(=O)N3CC[C@H](N)C3)=CN3C4CC5C(CC4OC1C23)C(=O)C1CCCCC15. The molecule has 4 aliphatic carbocycles. The lowest BCUT2D eigenvalue weighted by molar-refractivity contribution is -0.206. The molecule has 4 saturated carbocycles. The summed E-state index contributed by atoms with van der Waals surface area (Å²) in [6.45, 7) is 2.64. The van der Waals surface area contributed by atoms with E-state index >= 15 is 4.39 Å². The van der Waals surface area contributed by atoms with Crippen LogP contribution in [0.3, 0.4) is 0 Å². The Labute approximate surface area is 255 Å². The standard InChI is InChI=1S/C33H50FN5O4/c1-37(2)11-6-5-10-36-28-25(34)13-23-29-32(28)43-27-15-22-21(19-7-3-4-8-20(19)30(22)40)14-26(27)39(29)17-24(31(23)41)33(42)38-12-9-18(35)16-38/h17-23,25-29,32,36H,3-16,35H2,1-2H3/t18-,19?,20?,21?,22?,23?,25?,26?,27?,28?,29?,32?/m0/s1. The molecular weight excluding hydrogens is 549 g/mol. The van der Waals surface area contributed by atoms with Gasteiger partial charge in [0.05, 0.1) is 35.9 Å². The van der Waals surface area contributed by atoms with Crippen molar-refractivity contribution >= 4 is 17.5 Å². The van der Waals surface area contributed by atoms with Crippen LogP contribution in [0.1, 0.15) is 64.2 Å². The highest BCUT2D eigenvalue weighted by molar-refractivity contribution is 6.20. The number of hydrogen-bond donors (Lipinski definition) is 2. The van der Waals surface area contributed by atoms with Crippen molar-refractivity contribution in [2.24, 2.45) is 35.3 Å². The van der Waals surface area contributed by atoms with Gasteiger partial charge in [0, 0.05) is 43.1 Å². The molecule has 2 saturated heterocycles. The van der Waals surface area contributed by atoms with Crippen LogP contribution >= 0.6 is 0 Å². The van der Waals surface area contributed by atoms with Crippen LogP contribution in [0.4, 0.5) is 4.39 Å². The van der Waals surface area contributed by atoms with Crippen LogP contribution in [0, 0.1) is 29.6 Å². The number of carbonyl (C=O) groups is 3. The number of alkyl halides is 1. The molecule has 0 aromatic carbocycles. The molecule has 0 radical (unpaired) electrons. The highest BCUT2D eigenvalue weighted by atomic mass is 19.1. The molecule has 6 fully saturated rings. The topological polar surface area (TPSA) is 108 Å². The monoisotopic (exact) mass is 599 g/mol. The molecule has 0 bridgehead atoms. The smallest absolute Gasteiger partial charge is 0.259 e. The van der Waals surface area contributed by atoms with Gasteiger partial charge >= 0.3 is 0 Å². The van der Waals surface area contributed by atoms with E-state index in [0.29, 0.717) is 43.7 Å². The van der Waals surface area contributed by atoms with Gasteiger partial charge in [0.2, 0.25) is 0 Å². The summed E-state index contributed by atoms with van der Waals surface area (Å²) in [6, 6.07) is -0.944. The molecule has 9 nitrogen and oxygen atoms in total. The number of fused-ring (bicyclic) bond motifs is 5. The number of nitrogens with zero attached hydrogens (tertiary/aromatic N) is 3. The van der Waals surface area contributed by atoms with Crippen LogP contribution < -0.4 is 11.1 Å². The van der Waals surface area contributed by atoms with E-state index in [1.54, 1.807) is 4.90 Å². The van der Waals surface area contributed by atoms with E-state index in [1.165, 1.54) is 6.42 Å². The van der Waals surface area contributed by atoms with Gasteiger partial charge in [-0.15, -0.1) is 0 Å². The van der Waals surface area contributed by atoms with Gasteiger partial charge in [0.1, 0.15) is 12.0 Å². The van der Waals surface area contributed by atoms with Crippen molar-refractivity contribution in [2.45, 2.75) is 107 Å². The van der Waals surface area contributed by atoms with Crippen LogP contribution in [0.2, 0.25) is 0 Å². The van der Waals surface area contributed by atoms with E-state index in [0.717, 1.165) is 51.5 Å². The fourth-order valence-corrected chi connectivity index (χ4v) is 10.1. The highest BCUT2D eigenvalue weighted by Gasteiger charge is 2.62. The summed E-state index contributed by atoms with van der Waals surface area (Å²) in [4.78, 5) is 47.4. The van der Waals surface area contributed by atoms with Crippen LogP contribution in [-0.4, -0.2) is 115 Å². The Morgan fingerprint density at radius 2 is 1.88 bits per heavy atom. The minimum atomic E-state index is -1.26. The van der Waals surface area contributed by atoms with E-state index in [2.05, 4.69) is 29.2 Å². The summed E-state index contributed by atoms with van der Waals surface area (Å²) >= 11 is 0. The van der Waals surface area contributed by atoms with Crippen LogP contribution in [0.5, 0.6) is 0 Å². The molecule has 3 aliphatic heterocycles. The molecule has 7 rings (SSSR count). The number of nitrogens with one attached hydrogen (secondary N) is 1. The van der Waals surface area contributed by atoms with Gasteiger partial charge in [-0.2, -0.15) is 0 Å². The molecule has 11 unspecified atom stereocenters. The normalized spacial score (nSPS) is 43.7. The number of Topliss-reactive ketones (excluding diaryl/α,β-unsaturated/α-hetero) is 2. The average Bonchev–Trinajstić information content (AvgIpc) is 3.54. The number of carbonyl (C=O) groups excluding carboxylic acids is 3. The van der Waals surface area contributed by atoms with Gasteiger partial charge in [-0.05, 0) is 90.4 Å². The van der Waals surface area contributed by atoms with Gasteiger partial charge in [-0.1, -0.05) is 12.8 Å². The Bertz CT molecular complexity index is 1150. The van der Waals surface area contributed by atoms with Crippen molar-refractivity contribution in [1.82, 2.24) is 20.0 Å². The fourth-order valence-electron chi connectivity index (χ4n) is 10.1. The Kier molecular flexibility index (Phi) is 8.18. The molecular formula is C33H50FN5O4. The summed E-state index contributed by atoms with van der Waals surface area (Å²) in [5.74, 6) is 0.201. The number of nitrogens with two attached hydrogens (primary N) is 1. The maximum atomic E-state index is 16.1. The third-order valence-corrected chi connectivity index (χ3v) is 12.1. The van der Waals surface area contributed by atoms with Gasteiger partial charge in [-0.3, -0.25) is 14.4 Å². The minimum Gasteiger partial charge on any atom is -0.369 e. The number of ketones is 2. The van der Waals surface area contributed by atoms with E-state index in [1.807, 2.05) is 6.20 Å².